The van der Waals surface area contributed by atoms with Crippen molar-refractivity contribution in [3.8, 4) is 0 Å². The Kier molecular flexibility index (Phi) is 4.22. The van der Waals surface area contributed by atoms with E-state index in [9.17, 15) is 9.90 Å². The van der Waals surface area contributed by atoms with E-state index in [4.69, 9.17) is 4.74 Å². The van der Waals surface area contributed by atoms with E-state index in [-0.39, 0.29) is 19.2 Å². The Morgan fingerprint density at radius 2 is 2.27 bits per heavy atom. The van der Waals surface area contributed by atoms with Gasteiger partial charge in [-0.2, -0.15) is 0 Å². The number of pyridine rings is 1. The molecule has 2 aromatic rings. The number of hydrogen-bond donors (Lipinski definition) is 2. The predicted molar refractivity (Wildman–Crippen MR) is 83.9 cm³/mol. The van der Waals surface area contributed by atoms with Crippen molar-refractivity contribution in [2.45, 2.75) is 13.0 Å². The molecule has 0 bridgehead atoms. The van der Waals surface area contributed by atoms with Crippen molar-refractivity contribution in [1.82, 2.24) is 9.88 Å². The van der Waals surface area contributed by atoms with Gasteiger partial charge in [-0.15, -0.1) is 0 Å². The van der Waals surface area contributed by atoms with Crippen LogP contribution in [0.25, 0.3) is 10.9 Å². The average molecular weight is 301 g/mol. The summed E-state index contributed by atoms with van der Waals surface area (Å²) in [4.78, 5) is 18.5. The van der Waals surface area contributed by atoms with Gasteiger partial charge in [0.25, 0.3) is 0 Å². The number of aryl methyl sites for hydroxylation is 1. The van der Waals surface area contributed by atoms with Gasteiger partial charge in [-0.1, -0.05) is 18.2 Å². The van der Waals surface area contributed by atoms with Gasteiger partial charge in [0.1, 0.15) is 0 Å². The number of fused-ring (bicyclic) bond motifs is 1. The van der Waals surface area contributed by atoms with Gasteiger partial charge in [-0.3, -0.25) is 4.98 Å². The van der Waals surface area contributed by atoms with Crippen LogP contribution >= 0.6 is 0 Å². The quantitative estimate of drug-likeness (QED) is 0.842. The van der Waals surface area contributed by atoms with Gasteiger partial charge in [0.2, 0.25) is 0 Å². The minimum Gasteiger partial charge on any atom is -0.389 e. The van der Waals surface area contributed by atoms with Gasteiger partial charge >= 0.3 is 6.03 Å². The number of carbonyl (C=O) groups is 1. The van der Waals surface area contributed by atoms with Crippen molar-refractivity contribution in [3.63, 3.8) is 0 Å². The van der Waals surface area contributed by atoms with Crippen LogP contribution in [-0.4, -0.2) is 53.4 Å². The van der Waals surface area contributed by atoms with Crippen LogP contribution in [0.3, 0.4) is 0 Å². The molecule has 1 saturated heterocycles. The van der Waals surface area contributed by atoms with E-state index < -0.39 is 6.10 Å². The number of ether oxygens (including phenoxy) is 1. The molecule has 2 heterocycles. The lowest BCUT2D eigenvalue weighted by atomic mass is 10.2. The van der Waals surface area contributed by atoms with E-state index in [1.807, 2.05) is 37.3 Å². The average Bonchev–Trinajstić information content (AvgIpc) is 2.72. The number of benzene rings is 1. The fourth-order valence-electron chi connectivity index (χ4n) is 2.52. The maximum absolute atomic E-state index is 12.4. The summed E-state index contributed by atoms with van der Waals surface area (Å²) < 4.78 is 5.24. The topological polar surface area (TPSA) is 74.7 Å². The number of rotatable bonds is 1. The van der Waals surface area contributed by atoms with Crippen LogP contribution in [0.5, 0.6) is 0 Å². The third kappa shape index (κ3) is 3.18. The second-order valence-electron chi connectivity index (χ2n) is 5.43. The summed E-state index contributed by atoms with van der Waals surface area (Å²) >= 11 is 0. The number of β-amino-alcohol motifs (C(OH)–C–C–N with tert-alkyl or cyclic N) is 1. The van der Waals surface area contributed by atoms with Gasteiger partial charge in [-0.05, 0) is 19.1 Å². The number of aliphatic hydroxyl groups is 1. The Hall–Kier alpha value is -2.18. The molecule has 1 atom stereocenters. The molecule has 1 aromatic carbocycles. The fraction of sp³-hybridized carbons (Fsp3) is 0.375. The molecule has 0 spiro atoms. The lowest BCUT2D eigenvalue weighted by Crippen LogP contribution is -2.40. The first-order valence-electron chi connectivity index (χ1n) is 7.31. The molecule has 1 aliphatic heterocycles. The Balaban J connectivity index is 1.83. The van der Waals surface area contributed by atoms with Crippen molar-refractivity contribution in [2.24, 2.45) is 0 Å². The van der Waals surface area contributed by atoms with E-state index in [0.717, 1.165) is 16.6 Å². The molecule has 116 valence electrons. The summed E-state index contributed by atoms with van der Waals surface area (Å²) in [5.41, 5.74) is 2.33. The summed E-state index contributed by atoms with van der Waals surface area (Å²) in [6.07, 6.45) is -0.652. The lowest BCUT2D eigenvalue weighted by molar-refractivity contribution is 0.0575. The molecule has 2 amide bonds. The molecule has 0 radical (unpaired) electrons. The lowest BCUT2D eigenvalue weighted by Gasteiger charge is -2.22. The molecule has 1 aromatic heterocycles. The first kappa shape index (κ1) is 14.7. The number of hydrogen-bond acceptors (Lipinski definition) is 4. The predicted octanol–water partition coefficient (Wildman–Crippen LogP) is 1.77. The monoisotopic (exact) mass is 301 g/mol. The third-order valence-electron chi connectivity index (χ3n) is 3.64. The molecule has 22 heavy (non-hydrogen) atoms. The van der Waals surface area contributed by atoms with Gasteiger partial charge in [0, 0.05) is 17.6 Å². The van der Waals surface area contributed by atoms with Crippen LogP contribution < -0.4 is 5.32 Å². The van der Waals surface area contributed by atoms with Crippen molar-refractivity contribution in [1.29, 1.82) is 0 Å². The number of urea groups is 1. The smallest absolute Gasteiger partial charge is 0.322 e. The van der Waals surface area contributed by atoms with Crippen LogP contribution in [0.4, 0.5) is 10.5 Å². The zero-order valence-electron chi connectivity index (χ0n) is 12.5. The Morgan fingerprint density at radius 1 is 1.41 bits per heavy atom. The van der Waals surface area contributed by atoms with Crippen molar-refractivity contribution >= 4 is 22.6 Å². The Morgan fingerprint density at radius 3 is 3.14 bits per heavy atom. The SMILES string of the molecule is Cc1ccc2cccc(NC(=O)N3CCOCC(O)C3)c2n1. The first-order chi connectivity index (χ1) is 10.6. The van der Waals surface area contributed by atoms with E-state index >= 15 is 0 Å². The zero-order valence-corrected chi connectivity index (χ0v) is 12.5. The van der Waals surface area contributed by atoms with Crippen LogP contribution in [0.1, 0.15) is 5.69 Å². The highest BCUT2D eigenvalue weighted by Gasteiger charge is 2.21. The maximum Gasteiger partial charge on any atom is 0.322 e. The van der Waals surface area contributed by atoms with E-state index in [2.05, 4.69) is 10.3 Å². The van der Waals surface area contributed by atoms with Gasteiger partial charge in [0.05, 0.1) is 37.1 Å². The molecule has 6 heteroatoms. The minimum atomic E-state index is -0.652. The minimum absolute atomic E-state index is 0.250. The van der Waals surface area contributed by atoms with Crippen LogP contribution in [0.15, 0.2) is 30.3 Å². The number of carbonyl (C=O) groups excluding carboxylic acids is 1. The summed E-state index contributed by atoms with van der Waals surface area (Å²) in [6.45, 7) is 3.33. The highest BCUT2D eigenvalue weighted by Crippen LogP contribution is 2.22. The summed E-state index contributed by atoms with van der Waals surface area (Å²) in [7, 11) is 0. The van der Waals surface area contributed by atoms with Crippen molar-refractivity contribution in [3.05, 3.63) is 36.0 Å². The summed E-state index contributed by atoms with van der Waals surface area (Å²) in [5, 5.41) is 13.6. The fourth-order valence-corrected chi connectivity index (χ4v) is 2.52. The van der Waals surface area contributed by atoms with Crippen LogP contribution in [0.2, 0.25) is 0 Å². The molecule has 0 saturated carbocycles. The number of amides is 2. The maximum atomic E-state index is 12.4. The normalized spacial score (nSPS) is 19.0. The third-order valence-corrected chi connectivity index (χ3v) is 3.64. The Labute approximate surface area is 128 Å². The first-order valence-corrected chi connectivity index (χ1v) is 7.31. The Bertz CT molecular complexity index is 689. The standard InChI is InChI=1S/C16H19N3O3/c1-11-5-6-12-3-2-4-14(15(12)17-11)18-16(21)19-7-8-22-10-13(20)9-19/h2-6,13,20H,7-10H2,1H3,(H,18,21). The van der Waals surface area contributed by atoms with E-state index in [0.29, 0.717) is 18.8 Å². The molecule has 0 aliphatic carbocycles. The second-order valence-corrected chi connectivity index (χ2v) is 5.43. The van der Waals surface area contributed by atoms with Crippen LogP contribution in [0, 0.1) is 6.92 Å². The highest BCUT2D eigenvalue weighted by molar-refractivity contribution is 5.99. The van der Waals surface area contributed by atoms with E-state index in [1.165, 1.54) is 0 Å². The largest absolute Gasteiger partial charge is 0.389 e. The molecule has 3 rings (SSSR count). The number of aliphatic hydroxyl groups excluding tert-OH is 1. The highest BCUT2D eigenvalue weighted by atomic mass is 16.5. The van der Waals surface area contributed by atoms with Gasteiger partial charge in [0.15, 0.2) is 0 Å². The van der Waals surface area contributed by atoms with Crippen molar-refractivity contribution in [2.75, 3.05) is 31.6 Å². The summed E-state index contributed by atoms with van der Waals surface area (Å²) in [6, 6.07) is 9.35. The van der Waals surface area contributed by atoms with Gasteiger partial charge < -0.3 is 20.1 Å². The second kappa shape index (κ2) is 6.29. The molecule has 1 unspecified atom stereocenters. The van der Waals surface area contributed by atoms with Crippen molar-refractivity contribution < 1.29 is 14.6 Å². The molecular weight excluding hydrogens is 282 g/mol. The number of aromatic nitrogens is 1. The molecular formula is C16H19N3O3. The number of nitrogens with zero attached hydrogens (tertiary/aromatic N) is 2. The number of anilines is 1. The molecule has 2 N–H and O–H groups in total. The number of para-hydroxylation sites is 1. The van der Waals surface area contributed by atoms with E-state index in [1.54, 1.807) is 4.90 Å². The van der Waals surface area contributed by atoms with Gasteiger partial charge in [-0.25, -0.2) is 4.79 Å². The molecule has 1 aliphatic rings. The molecule has 6 nitrogen and oxygen atoms in total. The summed E-state index contributed by atoms with van der Waals surface area (Å²) in [5.74, 6) is 0. The zero-order chi connectivity index (χ0) is 15.5. The molecule has 1 fully saturated rings. The number of nitrogens with one attached hydrogen (secondary N) is 1. The van der Waals surface area contributed by atoms with Crippen LogP contribution in [-0.2, 0) is 4.74 Å².